The molecule has 2 heterocycles. The fourth-order valence-corrected chi connectivity index (χ4v) is 3.06. The monoisotopic (exact) mass is 316 g/mol. The zero-order valence-electron chi connectivity index (χ0n) is 13.8. The Kier molecular flexibility index (Phi) is 4.81. The van der Waals surface area contributed by atoms with Gasteiger partial charge in [0, 0.05) is 26.7 Å². The van der Waals surface area contributed by atoms with Gasteiger partial charge in [-0.1, -0.05) is 6.07 Å². The molecule has 0 spiro atoms. The van der Waals surface area contributed by atoms with Crippen LogP contribution in [-0.2, 0) is 9.53 Å². The number of aromatic amines is 1. The van der Waals surface area contributed by atoms with E-state index < -0.39 is 0 Å². The molecule has 0 saturated carbocycles. The third kappa shape index (κ3) is 3.64. The Balaban J connectivity index is 1.68. The zero-order chi connectivity index (χ0) is 16.2. The summed E-state index contributed by atoms with van der Waals surface area (Å²) >= 11 is 0. The summed E-state index contributed by atoms with van der Waals surface area (Å²) in [7, 11) is 1.64. The van der Waals surface area contributed by atoms with E-state index >= 15 is 0 Å². The topological polar surface area (TPSA) is 70.2 Å². The number of anilines is 1. The first kappa shape index (κ1) is 15.8. The molecule has 6 nitrogen and oxygen atoms in total. The standard InChI is InChI=1S/C17H24N4O2/c1-12-5-6-14-15(10-12)20-17(19-14)21-8-3-4-13(11-21)16(22)18-7-9-23-2/h5-6,10,13H,3-4,7-9,11H2,1-2H3,(H,18,22)(H,19,20)/t13-/m0/s1. The molecule has 0 bridgehead atoms. The number of carbonyl (C=O) groups excluding carboxylic acids is 1. The number of piperidine rings is 1. The minimum Gasteiger partial charge on any atom is -0.383 e. The molecular weight excluding hydrogens is 292 g/mol. The molecule has 1 aliphatic rings. The van der Waals surface area contributed by atoms with E-state index in [2.05, 4.69) is 39.2 Å². The maximum atomic E-state index is 12.2. The van der Waals surface area contributed by atoms with Crippen LogP contribution in [0.25, 0.3) is 11.0 Å². The summed E-state index contributed by atoms with van der Waals surface area (Å²) in [5.41, 5.74) is 3.23. The highest BCUT2D eigenvalue weighted by molar-refractivity contribution is 5.80. The van der Waals surface area contributed by atoms with Crippen molar-refractivity contribution in [1.29, 1.82) is 0 Å². The van der Waals surface area contributed by atoms with Gasteiger partial charge in [0.15, 0.2) is 0 Å². The van der Waals surface area contributed by atoms with Gasteiger partial charge >= 0.3 is 0 Å². The Morgan fingerprint density at radius 2 is 2.39 bits per heavy atom. The lowest BCUT2D eigenvalue weighted by Gasteiger charge is -2.31. The van der Waals surface area contributed by atoms with E-state index in [0.717, 1.165) is 36.4 Å². The van der Waals surface area contributed by atoms with Crippen molar-refractivity contribution in [2.45, 2.75) is 19.8 Å². The molecule has 1 aromatic heterocycles. The first-order valence-electron chi connectivity index (χ1n) is 8.15. The second-order valence-electron chi connectivity index (χ2n) is 6.15. The van der Waals surface area contributed by atoms with Crippen LogP contribution < -0.4 is 10.2 Å². The Morgan fingerprint density at radius 3 is 3.22 bits per heavy atom. The molecule has 1 amide bonds. The molecule has 23 heavy (non-hydrogen) atoms. The van der Waals surface area contributed by atoms with Gasteiger partial charge in [-0.15, -0.1) is 0 Å². The molecule has 3 rings (SSSR count). The summed E-state index contributed by atoms with van der Waals surface area (Å²) in [6, 6.07) is 6.20. The van der Waals surface area contributed by atoms with Crippen molar-refractivity contribution in [3.63, 3.8) is 0 Å². The van der Waals surface area contributed by atoms with Crippen molar-refractivity contribution in [1.82, 2.24) is 15.3 Å². The van der Waals surface area contributed by atoms with Crippen LogP contribution >= 0.6 is 0 Å². The number of nitrogens with zero attached hydrogens (tertiary/aromatic N) is 2. The minimum absolute atomic E-state index is 0.00977. The summed E-state index contributed by atoms with van der Waals surface area (Å²) in [5, 5.41) is 2.94. The highest BCUT2D eigenvalue weighted by Gasteiger charge is 2.27. The summed E-state index contributed by atoms with van der Waals surface area (Å²) in [5.74, 6) is 0.981. The number of methoxy groups -OCH3 is 1. The fraction of sp³-hybridized carbons (Fsp3) is 0.529. The van der Waals surface area contributed by atoms with Gasteiger partial charge < -0.3 is 19.9 Å². The number of nitrogens with one attached hydrogen (secondary N) is 2. The number of carbonyl (C=O) groups is 1. The summed E-state index contributed by atoms with van der Waals surface area (Å²) in [6.45, 7) is 4.82. The zero-order valence-corrected chi connectivity index (χ0v) is 13.8. The van der Waals surface area contributed by atoms with E-state index in [4.69, 9.17) is 4.74 Å². The van der Waals surface area contributed by atoms with Crippen LogP contribution in [0.5, 0.6) is 0 Å². The van der Waals surface area contributed by atoms with Gasteiger partial charge in [0.2, 0.25) is 11.9 Å². The van der Waals surface area contributed by atoms with Gasteiger partial charge in [0.05, 0.1) is 23.6 Å². The number of fused-ring (bicyclic) bond motifs is 1. The number of imidazole rings is 1. The van der Waals surface area contributed by atoms with Crippen LogP contribution in [0.4, 0.5) is 5.95 Å². The summed E-state index contributed by atoms with van der Waals surface area (Å²) in [6.07, 6.45) is 1.92. The Labute approximate surface area is 136 Å². The first-order chi connectivity index (χ1) is 11.2. The van der Waals surface area contributed by atoms with Crippen molar-refractivity contribution in [3.8, 4) is 0 Å². The van der Waals surface area contributed by atoms with Crippen molar-refractivity contribution in [2.24, 2.45) is 5.92 Å². The predicted molar refractivity (Wildman–Crippen MR) is 90.7 cm³/mol. The number of hydrogen-bond acceptors (Lipinski definition) is 4. The third-order valence-corrected chi connectivity index (χ3v) is 4.32. The molecule has 6 heteroatoms. The molecule has 1 atom stereocenters. The van der Waals surface area contributed by atoms with Crippen LogP contribution in [-0.4, -0.2) is 49.2 Å². The maximum absolute atomic E-state index is 12.2. The molecule has 1 aromatic carbocycles. The molecule has 124 valence electrons. The van der Waals surface area contributed by atoms with Crippen molar-refractivity contribution < 1.29 is 9.53 Å². The lowest BCUT2D eigenvalue weighted by Crippen LogP contribution is -2.44. The van der Waals surface area contributed by atoms with Crippen molar-refractivity contribution in [3.05, 3.63) is 23.8 Å². The van der Waals surface area contributed by atoms with E-state index in [0.29, 0.717) is 19.7 Å². The summed E-state index contributed by atoms with van der Waals surface area (Å²) in [4.78, 5) is 22.5. The van der Waals surface area contributed by atoms with Crippen LogP contribution in [0.3, 0.4) is 0 Å². The number of H-pyrrole nitrogens is 1. The molecular formula is C17H24N4O2. The second kappa shape index (κ2) is 7.00. The van der Waals surface area contributed by atoms with Crippen LogP contribution in [0, 0.1) is 12.8 Å². The van der Waals surface area contributed by atoms with Gasteiger partial charge in [-0.05, 0) is 37.5 Å². The van der Waals surface area contributed by atoms with Crippen molar-refractivity contribution >= 4 is 22.9 Å². The quantitative estimate of drug-likeness (QED) is 0.826. The molecule has 0 aliphatic carbocycles. The molecule has 1 aliphatic heterocycles. The van der Waals surface area contributed by atoms with Gasteiger partial charge in [-0.25, -0.2) is 4.98 Å². The highest BCUT2D eigenvalue weighted by Crippen LogP contribution is 2.24. The van der Waals surface area contributed by atoms with Gasteiger partial charge in [0.25, 0.3) is 0 Å². The number of aryl methyl sites for hydroxylation is 1. The lowest BCUT2D eigenvalue weighted by molar-refractivity contribution is -0.125. The summed E-state index contributed by atoms with van der Waals surface area (Å²) < 4.78 is 4.97. The minimum atomic E-state index is 0.00977. The number of amides is 1. The fourth-order valence-electron chi connectivity index (χ4n) is 3.06. The largest absolute Gasteiger partial charge is 0.383 e. The Bertz CT molecular complexity index is 682. The second-order valence-corrected chi connectivity index (χ2v) is 6.15. The van der Waals surface area contributed by atoms with Gasteiger partial charge in [-0.2, -0.15) is 0 Å². The highest BCUT2D eigenvalue weighted by atomic mass is 16.5. The Hall–Kier alpha value is -2.08. The normalized spacial score (nSPS) is 18.3. The van der Waals surface area contributed by atoms with Crippen LogP contribution in [0.2, 0.25) is 0 Å². The lowest BCUT2D eigenvalue weighted by atomic mass is 9.97. The van der Waals surface area contributed by atoms with E-state index in [9.17, 15) is 4.79 Å². The average molecular weight is 316 g/mol. The number of hydrogen-bond donors (Lipinski definition) is 2. The first-order valence-corrected chi connectivity index (χ1v) is 8.15. The Morgan fingerprint density at radius 1 is 1.52 bits per heavy atom. The molecule has 1 saturated heterocycles. The van der Waals surface area contributed by atoms with Gasteiger partial charge in [0.1, 0.15) is 0 Å². The number of rotatable bonds is 5. The third-order valence-electron chi connectivity index (χ3n) is 4.32. The number of ether oxygens (including phenoxy) is 1. The molecule has 2 N–H and O–H groups in total. The molecule has 1 fully saturated rings. The van der Waals surface area contributed by atoms with E-state index in [1.165, 1.54) is 5.56 Å². The number of aromatic nitrogens is 2. The van der Waals surface area contributed by atoms with E-state index in [-0.39, 0.29) is 11.8 Å². The van der Waals surface area contributed by atoms with E-state index in [1.807, 2.05) is 6.07 Å². The SMILES string of the molecule is COCCNC(=O)[C@H]1CCCN(c2nc3ccc(C)cc3[nH]2)C1. The van der Waals surface area contributed by atoms with Gasteiger partial charge in [-0.3, -0.25) is 4.79 Å². The maximum Gasteiger partial charge on any atom is 0.224 e. The smallest absolute Gasteiger partial charge is 0.224 e. The van der Waals surface area contributed by atoms with Crippen LogP contribution in [0.15, 0.2) is 18.2 Å². The molecule has 0 unspecified atom stereocenters. The average Bonchev–Trinajstić information content (AvgIpc) is 2.98. The molecule has 2 aromatic rings. The number of benzene rings is 1. The van der Waals surface area contributed by atoms with Crippen molar-refractivity contribution in [2.75, 3.05) is 38.3 Å². The van der Waals surface area contributed by atoms with E-state index in [1.54, 1.807) is 7.11 Å². The van der Waals surface area contributed by atoms with Crippen LogP contribution in [0.1, 0.15) is 18.4 Å². The molecule has 0 radical (unpaired) electrons. The predicted octanol–water partition coefficient (Wildman–Crippen LogP) is 1.85.